The smallest absolute Gasteiger partial charge is 0.254 e. The van der Waals surface area contributed by atoms with Crippen molar-refractivity contribution in [2.75, 3.05) is 6.61 Å². The number of rotatable bonds is 6. The zero-order valence-electron chi connectivity index (χ0n) is 14.6. The van der Waals surface area contributed by atoms with Gasteiger partial charge >= 0.3 is 0 Å². The summed E-state index contributed by atoms with van der Waals surface area (Å²) in [4.78, 5) is 25.5. The Morgan fingerprint density at radius 3 is 2.62 bits per heavy atom. The van der Waals surface area contributed by atoms with Gasteiger partial charge in [0.1, 0.15) is 5.60 Å². The van der Waals surface area contributed by atoms with Crippen molar-refractivity contribution in [3.8, 4) is 0 Å². The number of aryl methyl sites for hydroxylation is 1. The van der Waals surface area contributed by atoms with Crippen LogP contribution in [0.25, 0.3) is 10.9 Å². The van der Waals surface area contributed by atoms with Crippen LogP contribution in [0.1, 0.15) is 37.6 Å². The first kappa shape index (κ1) is 16.7. The maximum absolute atomic E-state index is 12.8. The molecule has 2 atom stereocenters. The van der Waals surface area contributed by atoms with E-state index in [1.54, 1.807) is 6.92 Å². The number of carbonyl (C=O) groups excluding carboxylic acids is 2. The third kappa shape index (κ3) is 3.08. The Labute approximate surface area is 142 Å². The Bertz CT molecular complexity index is 787. The number of carbonyl (C=O) groups is 2. The molecule has 5 nitrogen and oxygen atoms in total. The molecule has 1 aliphatic heterocycles. The van der Waals surface area contributed by atoms with Crippen LogP contribution in [0, 0.1) is 5.92 Å². The standard InChI is InChI=1S/C19H24N2O3/c1-12(2)9-15(17(22)19(3)11-24-19)20-18(23)14-10-21(4)16-8-6-5-7-13(14)16/h5-8,10,12,15H,9,11H2,1-4H3,(H,20,23). The second kappa shape index (κ2) is 6.06. The van der Waals surface area contributed by atoms with Crippen LogP contribution in [0.5, 0.6) is 0 Å². The van der Waals surface area contributed by atoms with Crippen molar-refractivity contribution >= 4 is 22.6 Å². The fraction of sp³-hybridized carbons (Fsp3) is 0.474. The van der Waals surface area contributed by atoms with Crippen molar-refractivity contribution in [2.24, 2.45) is 13.0 Å². The number of nitrogens with one attached hydrogen (secondary N) is 1. The molecule has 0 aliphatic carbocycles. The predicted octanol–water partition coefficient (Wildman–Crippen LogP) is 2.68. The topological polar surface area (TPSA) is 63.6 Å². The maximum atomic E-state index is 12.8. The number of nitrogens with zero attached hydrogens (tertiary/aromatic N) is 1. The molecule has 2 aromatic rings. The van der Waals surface area contributed by atoms with E-state index in [2.05, 4.69) is 5.32 Å². The van der Waals surface area contributed by atoms with E-state index < -0.39 is 11.6 Å². The molecule has 3 rings (SSSR count). The lowest BCUT2D eigenvalue weighted by atomic mass is 9.93. The van der Waals surface area contributed by atoms with E-state index in [9.17, 15) is 9.59 Å². The quantitative estimate of drug-likeness (QED) is 0.829. The number of hydrogen-bond acceptors (Lipinski definition) is 3. The fourth-order valence-electron chi connectivity index (χ4n) is 3.08. The normalized spacial score (nSPS) is 21.0. The lowest BCUT2D eigenvalue weighted by Gasteiger charge is -2.21. The number of fused-ring (bicyclic) bond motifs is 1. The second-order valence-electron chi connectivity index (χ2n) is 7.21. The summed E-state index contributed by atoms with van der Waals surface area (Å²) in [7, 11) is 1.91. The van der Waals surface area contributed by atoms with Crippen LogP contribution >= 0.6 is 0 Å². The fourth-order valence-corrected chi connectivity index (χ4v) is 3.08. The largest absolute Gasteiger partial charge is 0.361 e. The van der Waals surface area contributed by atoms with Crippen LogP contribution in [0.15, 0.2) is 30.5 Å². The van der Waals surface area contributed by atoms with Gasteiger partial charge in [-0.2, -0.15) is 0 Å². The summed E-state index contributed by atoms with van der Waals surface area (Å²) in [6.45, 7) is 6.30. The minimum atomic E-state index is -0.731. The van der Waals surface area contributed by atoms with Crippen LogP contribution < -0.4 is 5.32 Å². The van der Waals surface area contributed by atoms with Gasteiger partial charge in [0.2, 0.25) is 0 Å². The molecule has 1 aromatic heterocycles. The number of ketones is 1. The van der Waals surface area contributed by atoms with E-state index in [-0.39, 0.29) is 11.7 Å². The summed E-state index contributed by atoms with van der Waals surface area (Å²) in [5.74, 6) is 0.0500. The summed E-state index contributed by atoms with van der Waals surface area (Å²) in [5, 5.41) is 3.83. The summed E-state index contributed by atoms with van der Waals surface area (Å²) < 4.78 is 7.20. The number of amides is 1. The molecule has 1 saturated heterocycles. The number of hydrogen-bond donors (Lipinski definition) is 1. The molecule has 1 aromatic carbocycles. The lowest BCUT2D eigenvalue weighted by Crippen LogP contribution is -2.46. The highest BCUT2D eigenvalue weighted by atomic mass is 16.6. The Kier molecular flexibility index (Phi) is 4.22. The highest BCUT2D eigenvalue weighted by Crippen LogP contribution is 2.30. The molecule has 5 heteroatoms. The molecule has 1 N–H and O–H groups in total. The number of para-hydroxylation sites is 1. The average Bonchev–Trinajstić information content (AvgIpc) is 3.20. The van der Waals surface area contributed by atoms with Gasteiger partial charge in [-0.05, 0) is 25.3 Å². The minimum absolute atomic E-state index is 0.0372. The van der Waals surface area contributed by atoms with Gasteiger partial charge in [-0.3, -0.25) is 9.59 Å². The Balaban J connectivity index is 1.86. The molecule has 0 radical (unpaired) electrons. The Morgan fingerprint density at radius 1 is 1.33 bits per heavy atom. The lowest BCUT2D eigenvalue weighted by molar-refractivity contribution is -0.125. The highest BCUT2D eigenvalue weighted by molar-refractivity contribution is 6.08. The van der Waals surface area contributed by atoms with Crippen LogP contribution in [-0.2, 0) is 16.6 Å². The molecule has 0 saturated carbocycles. The molecule has 1 amide bonds. The Morgan fingerprint density at radius 2 is 2.00 bits per heavy atom. The predicted molar refractivity (Wildman–Crippen MR) is 93.0 cm³/mol. The zero-order chi connectivity index (χ0) is 17.5. The first-order valence-electron chi connectivity index (χ1n) is 8.35. The second-order valence-corrected chi connectivity index (χ2v) is 7.21. The van der Waals surface area contributed by atoms with Gasteiger partial charge in [0, 0.05) is 24.1 Å². The summed E-state index contributed by atoms with van der Waals surface area (Å²) in [6.07, 6.45) is 2.42. The molecule has 24 heavy (non-hydrogen) atoms. The first-order valence-corrected chi connectivity index (χ1v) is 8.35. The van der Waals surface area contributed by atoms with E-state index in [1.165, 1.54) is 0 Å². The van der Waals surface area contributed by atoms with Crippen molar-refractivity contribution in [1.82, 2.24) is 9.88 Å². The van der Waals surface area contributed by atoms with Crippen molar-refractivity contribution in [3.05, 3.63) is 36.0 Å². The molecule has 0 spiro atoms. The van der Waals surface area contributed by atoms with Crippen LogP contribution in [0.2, 0.25) is 0 Å². The van der Waals surface area contributed by atoms with Gasteiger partial charge in [-0.1, -0.05) is 32.0 Å². The average molecular weight is 328 g/mol. The van der Waals surface area contributed by atoms with Crippen molar-refractivity contribution in [3.63, 3.8) is 0 Å². The van der Waals surface area contributed by atoms with Gasteiger partial charge in [-0.15, -0.1) is 0 Å². The SMILES string of the molecule is CC(C)CC(NC(=O)c1cn(C)c2ccccc12)C(=O)C1(C)CO1. The van der Waals surface area contributed by atoms with E-state index in [0.29, 0.717) is 24.5 Å². The number of epoxide rings is 1. The highest BCUT2D eigenvalue weighted by Gasteiger charge is 2.50. The minimum Gasteiger partial charge on any atom is -0.361 e. The number of ether oxygens (including phenoxy) is 1. The van der Waals surface area contributed by atoms with E-state index >= 15 is 0 Å². The van der Waals surface area contributed by atoms with E-state index in [4.69, 9.17) is 4.74 Å². The molecular weight excluding hydrogens is 304 g/mol. The third-order valence-corrected chi connectivity index (χ3v) is 4.57. The molecule has 2 heterocycles. The third-order valence-electron chi connectivity index (χ3n) is 4.57. The number of benzene rings is 1. The van der Waals surface area contributed by atoms with Gasteiger partial charge in [0.15, 0.2) is 5.78 Å². The molecule has 1 fully saturated rings. The molecule has 2 unspecified atom stereocenters. The summed E-state index contributed by atoms with van der Waals surface area (Å²) in [6, 6.07) is 7.23. The van der Waals surface area contributed by atoms with Gasteiger partial charge in [-0.25, -0.2) is 0 Å². The maximum Gasteiger partial charge on any atom is 0.254 e. The van der Waals surface area contributed by atoms with Crippen molar-refractivity contribution in [1.29, 1.82) is 0 Å². The molecule has 0 bridgehead atoms. The number of aromatic nitrogens is 1. The molecule has 128 valence electrons. The molecule has 1 aliphatic rings. The summed E-state index contributed by atoms with van der Waals surface area (Å²) in [5.41, 5.74) is 0.856. The van der Waals surface area contributed by atoms with Crippen molar-refractivity contribution in [2.45, 2.75) is 38.8 Å². The Hall–Kier alpha value is -2.14. The van der Waals surface area contributed by atoms with E-state index in [1.807, 2.05) is 55.9 Å². The van der Waals surface area contributed by atoms with E-state index in [0.717, 1.165) is 10.9 Å². The molecular formula is C19H24N2O3. The first-order chi connectivity index (χ1) is 11.3. The van der Waals surface area contributed by atoms with Crippen LogP contribution in [-0.4, -0.2) is 34.5 Å². The van der Waals surface area contributed by atoms with Crippen molar-refractivity contribution < 1.29 is 14.3 Å². The number of Topliss-reactive ketones (excluding diaryl/α,β-unsaturated/α-hetero) is 1. The zero-order valence-corrected chi connectivity index (χ0v) is 14.6. The summed E-state index contributed by atoms with van der Waals surface area (Å²) >= 11 is 0. The monoisotopic (exact) mass is 328 g/mol. The van der Waals surface area contributed by atoms with Gasteiger partial charge < -0.3 is 14.6 Å². The van der Waals surface area contributed by atoms with Gasteiger partial charge in [0.05, 0.1) is 18.2 Å². The van der Waals surface area contributed by atoms with Crippen LogP contribution in [0.4, 0.5) is 0 Å². The van der Waals surface area contributed by atoms with Gasteiger partial charge in [0.25, 0.3) is 5.91 Å². The van der Waals surface area contributed by atoms with Crippen LogP contribution in [0.3, 0.4) is 0 Å².